The molecule has 0 aliphatic heterocycles. The first-order valence-electron chi connectivity index (χ1n) is 5.00. The summed E-state index contributed by atoms with van der Waals surface area (Å²) < 4.78 is 0. The maximum absolute atomic E-state index is 3.74. The minimum Gasteiger partial charge on any atom is -0.0985 e. The second-order valence-electron chi connectivity index (χ2n) is 3.56. The van der Waals surface area contributed by atoms with E-state index in [1.165, 1.54) is 24.0 Å². The van der Waals surface area contributed by atoms with E-state index in [9.17, 15) is 0 Å². The summed E-state index contributed by atoms with van der Waals surface area (Å²) in [7, 11) is 0. The quantitative estimate of drug-likeness (QED) is 0.640. The van der Waals surface area contributed by atoms with Crippen LogP contribution in [-0.2, 0) is 0 Å². The van der Waals surface area contributed by atoms with E-state index in [2.05, 4.69) is 44.7 Å². The molecule has 0 aromatic heterocycles. The van der Waals surface area contributed by atoms with Crippen LogP contribution in [0.5, 0.6) is 0 Å². The zero-order chi connectivity index (χ0) is 9.68. The molecular formula is C13H18. The molecule has 0 heterocycles. The standard InChI is InChI=1S/C13H18/c1-4-6-11(3)13-9-7-12(5-2)8-10-13/h5,7-11H,2,4,6H2,1,3H3. The molecule has 1 aromatic carbocycles. The van der Waals surface area contributed by atoms with Crippen molar-refractivity contribution in [3.8, 4) is 0 Å². The van der Waals surface area contributed by atoms with E-state index >= 15 is 0 Å². The van der Waals surface area contributed by atoms with E-state index in [1.807, 2.05) is 6.08 Å². The summed E-state index contributed by atoms with van der Waals surface area (Å²) in [5.41, 5.74) is 2.64. The Morgan fingerprint density at radius 1 is 1.31 bits per heavy atom. The predicted octanol–water partition coefficient (Wildman–Crippen LogP) is 4.23. The molecule has 0 heteroatoms. The lowest BCUT2D eigenvalue weighted by atomic mass is 9.96. The molecule has 0 nitrogen and oxygen atoms in total. The highest BCUT2D eigenvalue weighted by Gasteiger charge is 2.02. The number of rotatable bonds is 4. The third-order valence-electron chi connectivity index (χ3n) is 2.46. The zero-order valence-corrected chi connectivity index (χ0v) is 8.59. The average molecular weight is 174 g/mol. The van der Waals surface area contributed by atoms with E-state index in [-0.39, 0.29) is 0 Å². The first-order valence-corrected chi connectivity index (χ1v) is 5.00. The van der Waals surface area contributed by atoms with Crippen LogP contribution in [0.25, 0.3) is 6.08 Å². The molecule has 1 atom stereocenters. The third-order valence-corrected chi connectivity index (χ3v) is 2.46. The van der Waals surface area contributed by atoms with Gasteiger partial charge in [0.25, 0.3) is 0 Å². The molecule has 0 amide bonds. The van der Waals surface area contributed by atoms with Gasteiger partial charge in [-0.15, -0.1) is 0 Å². The Kier molecular flexibility index (Phi) is 3.75. The Labute approximate surface area is 81.3 Å². The Morgan fingerprint density at radius 2 is 1.92 bits per heavy atom. The Bertz CT molecular complexity index is 256. The first kappa shape index (κ1) is 10.0. The molecule has 0 N–H and O–H groups in total. The summed E-state index contributed by atoms with van der Waals surface area (Å²) in [5, 5.41) is 0. The van der Waals surface area contributed by atoms with Gasteiger partial charge in [-0.3, -0.25) is 0 Å². The van der Waals surface area contributed by atoms with Crippen LogP contribution in [0.1, 0.15) is 43.7 Å². The number of hydrogen-bond acceptors (Lipinski definition) is 0. The van der Waals surface area contributed by atoms with Crippen LogP contribution < -0.4 is 0 Å². The van der Waals surface area contributed by atoms with Gasteiger partial charge in [0, 0.05) is 0 Å². The predicted molar refractivity (Wildman–Crippen MR) is 59.9 cm³/mol. The van der Waals surface area contributed by atoms with Gasteiger partial charge >= 0.3 is 0 Å². The smallest absolute Gasteiger partial charge is 0.0190 e. The molecule has 0 saturated carbocycles. The van der Waals surface area contributed by atoms with Gasteiger partial charge in [0.05, 0.1) is 0 Å². The van der Waals surface area contributed by atoms with Crippen LogP contribution in [0.15, 0.2) is 30.8 Å². The summed E-state index contributed by atoms with van der Waals surface area (Å²) in [6.45, 7) is 8.26. The van der Waals surface area contributed by atoms with Crippen molar-refractivity contribution in [3.63, 3.8) is 0 Å². The fourth-order valence-corrected chi connectivity index (χ4v) is 1.56. The van der Waals surface area contributed by atoms with Crippen molar-refractivity contribution >= 4 is 6.08 Å². The normalized spacial score (nSPS) is 12.5. The van der Waals surface area contributed by atoms with Crippen LogP contribution in [-0.4, -0.2) is 0 Å². The fourth-order valence-electron chi connectivity index (χ4n) is 1.56. The molecule has 1 unspecified atom stereocenters. The summed E-state index contributed by atoms with van der Waals surface area (Å²) in [6.07, 6.45) is 4.41. The van der Waals surface area contributed by atoms with Crippen molar-refractivity contribution in [1.29, 1.82) is 0 Å². The van der Waals surface area contributed by atoms with Gasteiger partial charge in [-0.2, -0.15) is 0 Å². The lowest BCUT2D eigenvalue weighted by Gasteiger charge is -2.10. The van der Waals surface area contributed by atoms with Crippen molar-refractivity contribution < 1.29 is 0 Å². The van der Waals surface area contributed by atoms with Crippen LogP contribution in [0.2, 0.25) is 0 Å². The van der Waals surface area contributed by atoms with Gasteiger partial charge in [-0.1, -0.05) is 57.2 Å². The van der Waals surface area contributed by atoms with Gasteiger partial charge in [-0.05, 0) is 23.5 Å². The van der Waals surface area contributed by atoms with Crippen LogP contribution in [0.3, 0.4) is 0 Å². The first-order chi connectivity index (χ1) is 6.27. The molecule has 0 radical (unpaired) electrons. The summed E-state index contributed by atoms with van der Waals surface area (Å²) in [5.74, 6) is 0.684. The molecule has 0 aliphatic rings. The average Bonchev–Trinajstić information content (AvgIpc) is 2.18. The van der Waals surface area contributed by atoms with Gasteiger partial charge in [0.2, 0.25) is 0 Å². The molecule has 0 fully saturated rings. The van der Waals surface area contributed by atoms with Crippen molar-refractivity contribution in [2.75, 3.05) is 0 Å². The minimum absolute atomic E-state index is 0.684. The van der Waals surface area contributed by atoms with Gasteiger partial charge in [0.15, 0.2) is 0 Å². The monoisotopic (exact) mass is 174 g/mol. The summed E-state index contributed by atoms with van der Waals surface area (Å²) >= 11 is 0. The van der Waals surface area contributed by atoms with E-state index < -0.39 is 0 Å². The topological polar surface area (TPSA) is 0 Å². The Morgan fingerprint density at radius 3 is 2.38 bits per heavy atom. The second-order valence-corrected chi connectivity index (χ2v) is 3.56. The molecule has 0 saturated heterocycles. The SMILES string of the molecule is C=Cc1ccc(C(C)CCC)cc1. The van der Waals surface area contributed by atoms with E-state index in [0.717, 1.165) is 0 Å². The van der Waals surface area contributed by atoms with Crippen molar-refractivity contribution in [1.82, 2.24) is 0 Å². The number of hydrogen-bond donors (Lipinski definition) is 0. The lowest BCUT2D eigenvalue weighted by molar-refractivity contribution is 0.665. The minimum atomic E-state index is 0.684. The molecule has 1 rings (SSSR count). The highest BCUT2D eigenvalue weighted by molar-refractivity contribution is 5.47. The lowest BCUT2D eigenvalue weighted by Crippen LogP contribution is -1.92. The van der Waals surface area contributed by atoms with E-state index in [1.54, 1.807) is 0 Å². The Hall–Kier alpha value is -1.04. The highest BCUT2D eigenvalue weighted by atomic mass is 14.1. The van der Waals surface area contributed by atoms with E-state index in [0.29, 0.717) is 5.92 Å². The van der Waals surface area contributed by atoms with Crippen molar-refractivity contribution in [3.05, 3.63) is 42.0 Å². The number of benzene rings is 1. The van der Waals surface area contributed by atoms with E-state index in [4.69, 9.17) is 0 Å². The Balaban J connectivity index is 2.73. The second kappa shape index (κ2) is 4.86. The molecule has 1 aromatic rings. The maximum atomic E-state index is 3.74. The highest BCUT2D eigenvalue weighted by Crippen LogP contribution is 2.20. The van der Waals surface area contributed by atoms with Gasteiger partial charge < -0.3 is 0 Å². The third kappa shape index (κ3) is 2.73. The zero-order valence-electron chi connectivity index (χ0n) is 8.59. The van der Waals surface area contributed by atoms with Crippen LogP contribution in [0, 0.1) is 0 Å². The van der Waals surface area contributed by atoms with Crippen molar-refractivity contribution in [2.45, 2.75) is 32.6 Å². The summed E-state index contributed by atoms with van der Waals surface area (Å²) in [6, 6.07) is 8.68. The molecular weight excluding hydrogens is 156 g/mol. The van der Waals surface area contributed by atoms with Gasteiger partial charge in [0.1, 0.15) is 0 Å². The van der Waals surface area contributed by atoms with Crippen LogP contribution in [0.4, 0.5) is 0 Å². The largest absolute Gasteiger partial charge is 0.0985 e. The maximum Gasteiger partial charge on any atom is -0.0190 e. The van der Waals surface area contributed by atoms with Crippen molar-refractivity contribution in [2.24, 2.45) is 0 Å². The fraction of sp³-hybridized carbons (Fsp3) is 0.385. The molecule has 70 valence electrons. The molecule has 0 bridgehead atoms. The summed E-state index contributed by atoms with van der Waals surface area (Å²) in [4.78, 5) is 0. The molecule has 0 aliphatic carbocycles. The molecule has 0 spiro atoms. The van der Waals surface area contributed by atoms with Gasteiger partial charge in [-0.25, -0.2) is 0 Å². The molecule has 13 heavy (non-hydrogen) atoms. The van der Waals surface area contributed by atoms with Crippen LogP contribution >= 0.6 is 0 Å².